The van der Waals surface area contributed by atoms with Gasteiger partial charge in [0.25, 0.3) is 18.2 Å². The van der Waals surface area contributed by atoms with Gasteiger partial charge in [-0.15, -0.1) is 0 Å². The minimum absolute atomic E-state index is 0.0604. The predicted molar refractivity (Wildman–Crippen MR) is 120 cm³/mol. The third-order valence-electron chi connectivity index (χ3n) is 4.78. The first-order valence-corrected chi connectivity index (χ1v) is 11.6. The number of carbonyl (C=O) groups excluding carboxylic acids is 2. The van der Waals surface area contributed by atoms with E-state index in [1.54, 1.807) is 24.3 Å². The molecule has 0 spiro atoms. The molecule has 0 aliphatic heterocycles. The smallest absolute Gasteiger partial charge is 0.269 e. The summed E-state index contributed by atoms with van der Waals surface area (Å²) in [4.78, 5) is 24.4. The highest BCUT2D eigenvalue weighted by Crippen LogP contribution is 2.24. The minimum atomic E-state index is -3.38. The van der Waals surface area contributed by atoms with E-state index in [-0.39, 0.29) is 5.56 Å². The maximum absolute atomic E-state index is 13.5. The normalized spacial score (nSPS) is 13.7. The van der Waals surface area contributed by atoms with Gasteiger partial charge in [-0.05, 0) is 55.5 Å². The Morgan fingerprint density at radius 2 is 1.53 bits per heavy atom. The van der Waals surface area contributed by atoms with Crippen LogP contribution in [0, 0.1) is 11.8 Å². The molecule has 0 heterocycles. The molecule has 2 aromatic rings. The third-order valence-corrected chi connectivity index (χ3v) is 5.39. The number of methoxy groups -OCH3 is 1. The highest BCUT2D eigenvalue weighted by molar-refractivity contribution is 7.92. The first kappa shape index (κ1) is 26.7. The van der Waals surface area contributed by atoms with Crippen molar-refractivity contribution >= 4 is 27.5 Å². The van der Waals surface area contributed by atoms with Crippen molar-refractivity contribution in [2.45, 2.75) is 25.0 Å². The molecular weight excluding hydrogens is 472 g/mol. The standard InChI is InChI=1S/C22H23F2N3O6S/c1-22(33-2,21(23)24)18(20(29)26-30)25-19(28)16-10-6-14(7-11-16)4-5-15-8-12-17(13-9-15)27-34(3,31)32/h6-13,18,21,27,30H,1-3H3,(H,25,28)(H,26,29)/t18-,22?/m1/s1. The van der Waals surface area contributed by atoms with E-state index in [0.717, 1.165) is 20.3 Å². The van der Waals surface area contributed by atoms with E-state index in [1.807, 2.05) is 0 Å². The molecule has 0 aromatic heterocycles. The minimum Gasteiger partial charge on any atom is -0.370 e. The second-order valence-corrected chi connectivity index (χ2v) is 9.10. The Hall–Kier alpha value is -3.53. The van der Waals surface area contributed by atoms with Crippen molar-refractivity contribution in [1.82, 2.24) is 10.8 Å². The largest absolute Gasteiger partial charge is 0.370 e. The van der Waals surface area contributed by atoms with Crippen LogP contribution in [0.1, 0.15) is 28.4 Å². The fraction of sp³-hybridized carbons (Fsp3) is 0.273. The molecule has 2 amide bonds. The second kappa shape index (κ2) is 11.1. The van der Waals surface area contributed by atoms with Crippen LogP contribution in [0.5, 0.6) is 0 Å². The number of alkyl halides is 2. The van der Waals surface area contributed by atoms with Crippen molar-refractivity contribution in [3.8, 4) is 11.8 Å². The van der Waals surface area contributed by atoms with Crippen LogP contribution in [-0.4, -0.2) is 56.9 Å². The van der Waals surface area contributed by atoms with Crippen LogP contribution in [-0.2, 0) is 19.6 Å². The molecule has 2 atom stereocenters. The lowest BCUT2D eigenvalue weighted by Crippen LogP contribution is -2.62. The van der Waals surface area contributed by atoms with E-state index in [1.165, 1.54) is 29.7 Å². The summed E-state index contributed by atoms with van der Waals surface area (Å²) < 4.78 is 56.5. The van der Waals surface area contributed by atoms with Crippen molar-refractivity contribution in [2.24, 2.45) is 0 Å². The second-order valence-electron chi connectivity index (χ2n) is 7.35. The van der Waals surface area contributed by atoms with Crippen LogP contribution in [0.2, 0.25) is 0 Å². The van der Waals surface area contributed by atoms with Gasteiger partial charge < -0.3 is 10.1 Å². The molecule has 4 N–H and O–H groups in total. The number of anilines is 1. The lowest BCUT2D eigenvalue weighted by Gasteiger charge is -2.34. The number of sulfonamides is 1. The van der Waals surface area contributed by atoms with E-state index >= 15 is 0 Å². The maximum atomic E-state index is 13.5. The average molecular weight is 496 g/mol. The predicted octanol–water partition coefficient (Wildman–Crippen LogP) is 1.73. The summed E-state index contributed by atoms with van der Waals surface area (Å²) in [6.07, 6.45) is -2.10. The Balaban J connectivity index is 2.15. The molecule has 2 rings (SSSR count). The third kappa shape index (κ3) is 6.98. The fourth-order valence-corrected chi connectivity index (χ4v) is 3.33. The zero-order valence-corrected chi connectivity index (χ0v) is 19.2. The first-order valence-electron chi connectivity index (χ1n) is 9.67. The van der Waals surface area contributed by atoms with Gasteiger partial charge in [0.2, 0.25) is 10.0 Å². The molecule has 34 heavy (non-hydrogen) atoms. The number of ether oxygens (including phenoxy) is 1. The monoisotopic (exact) mass is 495 g/mol. The van der Waals surface area contributed by atoms with Gasteiger partial charge in [-0.3, -0.25) is 19.5 Å². The van der Waals surface area contributed by atoms with Gasteiger partial charge in [0.1, 0.15) is 6.04 Å². The summed E-state index contributed by atoms with van der Waals surface area (Å²) in [5.74, 6) is 3.65. The van der Waals surface area contributed by atoms with Crippen LogP contribution in [0.4, 0.5) is 14.5 Å². The molecule has 2 aromatic carbocycles. The SMILES string of the molecule is COC(C)(C(F)F)[C@H](NC(=O)c1ccc(C#Cc2ccc(NS(C)(=O)=O)cc2)cc1)C(=O)NO. The van der Waals surface area contributed by atoms with Crippen molar-refractivity contribution in [3.05, 3.63) is 65.2 Å². The number of hydrogen-bond donors (Lipinski definition) is 4. The number of hydroxylamine groups is 1. The van der Waals surface area contributed by atoms with Crippen LogP contribution < -0.4 is 15.5 Å². The van der Waals surface area contributed by atoms with Crippen LogP contribution in [0.15, 0.2) is 48.5 Å². The number of amides is 2. The zero-order valence-electron chi connectivity index (χ0n) is 18.4. The summed E-state index contributed by atoms with van der Waals surface area (Å²) in [5.41, 5.74) is 0.473. The Morgan fingerprint density at radius 1 is 1.03 bits per heavy atom. The molecule has 9 nitrogen and oxygen atoms in total. The van der Waals surface area contributed by atoms with Crippen LogP contribution in [0.3, 0.4) is 0 Å². The average Bonchev–Trinajstić information content (AvgIpc) is 2.80. The Bertz CT molecular complexity index is 1190. The quantitative estimate of drug-likeness (QED) is 0.250. The van der Waals surface area contributed by atoms with E-state index in [0.29, 0.717) is 16.8 Å². The Labute approximate surface area is 195 Å². The Kier molecular flexibility index (Phi) is 8.69. The first-order chi connectivity index (χ1) is 15.9. The molecule has 0 aliphatic rings. The summed E-state index contributed by atoms with van der Waals surface area (Å²) in [6.45, 7) is 0.931. The van der Waals surface area contributed by atoms with Crippen molar-refractivity contribution in [2.75, 3.05) is 18.1 Å². The molecular formula is C22H23F2N3O6S. The summed E-state index contributed by atoms with van der Waals surface area (Å²) in [5, 5.41) is 11.0. The lowest BCUT2D eigenvalue weighted by atomic mass is 9.95. The molecule has 12 heteroatoms. The molecule has 1 unspecified atom stereocenters. The van der Waals surface area contributed by atoms with Gasteiger partial charge in [0.05, 0.1) is 6.26 Å². The molecule has 0 aliphatic carbocycles. The summed E-state index contributed by atoms with van der Waals surface area (Å²) >= 11 is 0. The molecule has 0 radical (unpaired) electrons. The molecule has 0 bridgehead atoms. The Morgan fingerprint density at radius 3 is 1.94 bits per heavy atom. The number of hydrogen-bond acceptors (Lipinski definition) is 6. The summed E-state index contributed by atoms with van der Waals surface area (Å²) in [6, 6.07) is 10.3. The van der Waals surface area contributed by atoms with E-state index < -0.39 is 39.9 Å². The van der Waals surface area contributed by atoms with Crippen LogP contribution in [0.25, 0.3) is 0 Å². The summed E-state index contributed by atoms with van der Waals surface area (Å²) in [7, 11) is -2.42. The number of rotatable bonds is 8. The lowest BCUT2D eigenvalue weighted by molar-refractivity contribution is -0.157. The van der Waals surface area contributed by atoms with E-state index in [2.05, 4.69) is 21.9 Å². The number of carbonyl (C=O) groups is 2. The zero-order chi connectivity index (χ0) is 25.5. The maximum Gasteiger partial charge on any atom is 0.269 e. The number of benzene rings is 2. The molecule has 0 fully saturated rings. The van der Waals surface area contributed by atoms with Gasteiger partial charge >= 0.3 is 0 Å². The molecule has 0 saturated heterocycles. The number of halogens is 2. The van der Waals surface area contributed by atoms with Crippen molar-refractivity contribution in [1.29, 1.82) is 0 Å². The van der Waals surface area contributed by atoms with Gasteiger partial charge in [-0.1, -0.05) is 11.8 Å². The molecule has 182 valence electrons. The molecule has 0 saturated carbocycles. The van der Waals surface area contributed by atoms with Gasteiger partial charge in [0.15, 0.2) is 5.60 Å². The van der Waals surface area contributed by atoms with Gasteiger partial charge in [-0.2, -0.15) is 0 Å². The van der Waals surface area contributed by atoms with E-state index in [4.69, 9.17) is 9.94 Å². The highest BCUT2D eigenvalue weighted by Gasteiger charge is 2.48. The highest BCUT2D eigenvalue weighted by atomic mass is 32.2. The fourth-order valence-electron chi connectivity index (χ4n) is 2.77. The van der Waals surface area contributed by atoms with Crippen LogP contribution >= 0.6 is 0 Å². The van der Waals surface area contributed by atoms with Gasteiger partial charge in [0, 0.05) is 29.5 Å². The van der Waals surface area contributed by atoms with Gasteiger partial charge in [-0.25, -0.2) is 22.7 Å². The number of nitrogens with one attached hydrogen (secondary N) is 3. The topological polar surface area (TPSA) is 134 Å². The van der Waals surface area contributed by atoms with Crippen molar-refractivity contribution in [3.63, 3.8) is 0 Å². The van der Waals surface area contributed by atoms with Crippen molar-refractivity contribution < 1.29 is 36.7 Å². The van der Waals surface area contributed by atoms with E-state index in [9.17, 15) is 26.8 Å².